The van der Waals surface area contributed by atoms with Gasteiger partial charge in [0.2, 0.25) is 5.91 Å². The van der Waals surface area contributed by atoms with E-state index >= 15 is 0 Å². The van der Waals surface area contributed by atoms with Crippen LogP contribution in [0.2, 0.25) is 0 Å². The zero-order chi connectivity index (χ0) is 25.6. The highest BCUT2D eigenvalue weighted by molar-refractivity contribution is 6.00. The maximum absolute atomic E-state index is 13.5. The number of nitrogens with one attached hydrogen (secondary N) is 2. The summed E-state index contributed by atoms with van der Waals surface area (Å²) in [6.45, 7) is 6.81. The number of amides is 3. The van der Waals surface area contributed by atoms with E-state index in [0.717, 1.165) is 10.8 Å². The minimum absolute atomic E-state index is 0.0448. The highest BCUT2D eigenvalue weighted by Crippen LogP contribution is 2.26. The van der Waals surface area contributed by atoms with Crippen molar-refractivity contribution in [2.45, 2.75) is 39.3 Å². The Bertz CT molecular complexity index is 1200. The number of hydrogen-bond donors (Lipinski definition) is 3. The van der Waals surface area contributed by atoms with E-state index in [1.807, 2.05) is 36.4 Å². The minimum Gasteiger partial charge on any atom is -0.508 e. The van der Waals surface area contributed by atoms with Crippen LogP contribution in [-0.2, 0) is 14.3 Å². The quantitative estimate of drug-likeness (QED) is 0.461. The number of nitrogens with zero attached hydrogens (tertiary/aromatic N) is 1. The van der Waals surface area contributed by atoms with Gasteiger partial charge in [-0.15, -0.1) is 0 Å². The summed E-state index contributed by atoms with van der Waals surface area (Å²) in [5.74, 6) is -0.827. The van der Waals surface area contributed by atoms with Crippen molar-refractivity contribution in [3.05, 3.63) is 72.3 Å². The summed E-state index contributed by atoms with van der Waals surface area (Å²) in [6.07, 6.45) is -0.719. The fourth-order valence-electron chi connectivity index (χ4n) is 3.67. The van der Waals surface area contributed by atoms with Gasteiger partial charge >= 0.3 is 6.09 Å². The first-order valence-electron chi connectivity index (χ1n) is 11.4. The molecule has 35 heavy (non-hydrogen) atoms. The molecule has 0 radical (unpaired) electrons. The number of phenolic OH excluding ortho intramolecular Hbond substituents is 1. The highest BCUT2D eigenvalue weighted by atomic mass is 16.6. The van der Waals surface area contributed by atoms with Gasteiger partial charge in [0.1, 0.15) is 23.9 Å². The molecular weight excluding hydrogens is 446 g/mol. The molecule has 3 amide bonds. The molecule has 0 saturated carbocycles. The van der Waals surface area contributed by atoms with Crippen molar-refractivity contribution in [3.8, 4) is 5.75 Å². The third kappa shape index (κ3) is 6.96. The lowest BCUT2D eigenvalue weighted by Crippen LogP contribution is -2.46. The molecule has 0 fully saturated rings. The number of phenols is 1. The SMILES string of the molecule is CCN(C(=O)CNC(=O)OC(C)(C)C)C(C(=O)Nc1ccc2ccccc2c1)c1ccc(O)cc1. The molecule has 0 aliphatic rings. The van der Waals surface area contributed by atoms with Gasteiger partial charge in [-0.2, -0.15) is 0 Å². The summed E-state index contributed by atoms with van der Waals surface area (Å²) >= 11 is 0. The van der Waals surface area contributed by atoms with Gasteiger partial charge in [0.25, 0.3) is 5.91 Å². The Morgan fingerprint density at radius 3 is 2.26 bits per heavy atom. The monoisotopic (exact) mass is 477 g/mol. The van der Waals surface area contributed by atoms with Crippen LogP contribution in [0.3, 0.4) is 0 Å². The van der Waals surface area contributed by atoms with Crippen LogP contribution in [0.15, 0.2) is 66.7 Å². The second-order valence-corrected chi connectivity index (χ2v) is 9.08. The van der Waals surface area contributed by atoms with Gasteiger partial charge in [-0.1, -0.05) is 42.5 Å². The van der Waals surface area contributed by atoms with Gasteiger partial charge in [0.05, 0.1) is 0 Å². The van der Waals surface area contributed by atoms with E-state index in [0.29, 0.717) is 11.3 Å². The van der Waals surface area contributed by atoms with E-state index in [2.05, 4.69) is 10.6 Å². The van der Waals surface area contributed by atoms with E-state index in [9.17, 15) is 19.5 Å². The molecule has 1 unspecified atom stereocenters. The zero-order valence-corrected chi connectivity index (χ0v) is 20.4. The van der Waals surface area contributed by atoms with Crippen molar-refractivity contribution < 1.29 is 24.2 Å². The Morgan fingerprint density at radius 2 is 1.63 bits per heavy atom. The summed E-state index contributed by atoms with van der Waals surface area (Å²) in [5.41, 5.74) is 0.410. The molecule has 0 saturated heterocycles. The van der Waals surface area contributed by atoms with Crippen LogP contribution in [0.1, 0.15) is 39.3 Å². The number of carbonyl (C=O) groups is 3. The Balaban J connectivity index is 1.84. The van der Waals surface area contributed by atoms with Gasteiger partial charge in [-0.05, 0) is 68.3 Å². The largest absolute Gasteiger partial charge is 0.508 e. The molecule has 0 spiro atoms. The van der Waals surface area contributed by atoms with Gasteiger partial charge in [0, 0.05) is 12.2 Å². The van der Waals surface area contributed by atoms with Gasteiger partial charge < -0.3 is 25.4 Å². The fourth-order valence-corrected chi connectivity index (χ4v) is 3.67. The number of likely N-dealkylation sites (N-methyl/N-ethyl adjacent to an activating group) is 1. The van der Waals surface area contributed by atoms with Gasteiger partial charge in [-0.3, -0.25) is 9.59 Å². The maximum atomic E-state index is 13.5. The first-order valence-corrected chi connectivity index (χ1v) is 11.4. The van der Waals surface area contributed by atoms with E-state index in [4.69, 9.17) is 4.74 Å². The number of anilines is 1. The molecule has 0 aliphatic carbocycles. The summed E-state index contributed by atoms with van der Waals surface area (Å²) in [5, 5.41) is 17.1. The molecule has 8 nitrogen and oxygen atoms in total. The van der Waals surface area contributed by atoms with Crippen molar-refractivity contribution in [1.29, 1.82) is 0 Å². The predicted octanol–water partition coefficient (Wildman–Crippen LogP) is 4.60. The Kier molecular flexibility index (Phi) is 7.96. The molecule has 184 valence electrons. The molecule has 0 bridgehead atoms. The Hall–Kier alpha value is -4.07. The summed E-state index contributed by atoms with van der Waals surface area (Å²) in [7, 11) is 0. The van der Waals surface area contributed by atoms with Crippen LogP contribution in [0.25, 0.3) is 10.8 Å². The molecule has 3 aromatic rings. The maximum Gasteiger partial charge on any atom is 0.408 e. The smallest absolute Gasteiger partial charge is 0.408 e. The number of fused-ring (bicyclic) bond motifs is 1. The van der Waals surface area contributed by atoms with E-state index in [-0.39, 0.29) is 18.8 Å². The van der Waals surface area contributed by atoms with Crippen molar-refractivity contribution in [3.63, 3.8) is 0 Å². The number of carbonyl (C=O) groups excluding carboxylic acids is 3. The number of alkyl carbamates (subject to hydrolysis) is 1. The predicted molar refractivity (Wildman–Crippen MR) is 135 cm³/mol. The third-order valence-electron chi connectivity index (χ3n) is 5.23. The summed E-state index contributed by atoms with van der Waals surface area (Å²) in [6, 6.07) is 18.5. The Labute approximate surface area is 204 Å². The number of aromatic hydroxyl groups is 1. The van der Waals surface area contributed by atoms with Crippen LogP contribution in [0, 0.1) is 0 Å². The molecule has 0 heterocycles. The summed E-state index contributed by atoms with van der Waals surface area (Å²) in [4.78, 5) is 40.0. The summed E-state index contributed by atoms with van der Waals surface area (Å²) < 4.78 is 5.19. The average Bonchev–Trinajstić information content (AvgIpc) is 2.80. The normalized spacial score (nSPS) is 12.0. The van der Waals surface area contributed by atoms with Crippen molar-refractivity contribution in [1.82, 2.24) is 10.2 Å². The second-order valence-electron chi connectivity index (χ2n) is 9.08. The average molecular weight is 478 g/mol. The number of ether oxygens (including phenoxy) is 1. The van der Waals surface area contributed by atoms with Crippen molar-refractivity contribution >= 4 is 34.4 Å². The third-order valence-corrected chi connectivity index (χ3v) is 5.23. The van der Waals surface area contributed by atoms with Crippen molar-refractivity contribution in [2.24, 2.45) is 0 Å². The fraction of sp³-hybridized carbons (Fsp3) is 0.296. The van der Waals surface area contributed by atoms with Gasteiger partial charge in [-0.25, -0.2) is 4.79 Å². The van der Waals surface area contributed by atoms with Crippen LogP contribution in [-0.4, -0.2) is 46.6 Å². The molecule has 1 atom stereocenters. The number of hydrogen-bond acceptors (Lipinski definition) is 5. The molecule has 8 heteroatoms. The van der Waals surface area contributed by atoms with E-state index in [1.165, 1.54) is 17.0 Å². The molecule has 3 aromatic carbocycles. The molecule has 3 rings (SSSR count). The molecule has 0 aromatic heterocycles. The van der Waals surface area contributed by atoms with E-state index < -0.39 is 29.6 Å². The van der Waals surface area contributed by atoms with Crippen LogP contribution in [0.5, 0.6) is 5.75 Å². The molecule has 3 N–H and O–H groups in total. The van der Waals surface area contributed by atoms with Gasteiger partial charge in [0.15, 0.2) is 0 Å². The standard InChI is InChI=1S/C27H31N3O5/c1-5-30(23(32)17-28-26(34)35-27(2,3)4)24(19-11-14-22(31)15-12-19)25(33)29-21-13-10-18-8-6-7-9-20(18)16-21/h6-16,24,31H,5,17H2,1-4H3,(H,28,34)(H,29,33). The Morgan fingerprint density at radius 1 is 0.971 bits per heavy atom. The van der Waals surface area contributed by atoms with Crippen LogP contribution < -0.4 is 10.6 Å². The number of rotatable bonds is 7. The van der Waals surface area contributed by atoms with Crippen LogP contribution >= 0.6 is 0 Å². The lowest BCUT2D eigenvalue weighted by molar-refractivity contribution is -0.138. The second kappa shape index (κ2) is 10.9. The number of benzene rings is 3. The lowest BCUT2D eigenvalue weighted by Gasteiger charge is -2.30. The zero-order valence-electron chi connectivity index (χ0n) is 20.4. The lowest BCUT2D eigenvalue weighted by atomic mass is 10.0. The topological polar surface area (TPSA) is 108 Å². The first kappa shape index (κ1) is 25.6. The highest BCUT2D eigenvalue weighted by Gasteiger charge is 2.31. The van der Waals surface area contributed by atoms with E-state index in [1.54, 1.807) is 45.9 Å². The molecular formula is C27H31N3O5. The molecule has 0 aliphatic heterocycles. The van der Waals surface area contributed by atoms with Crippen LogP contribution in [0.4, 0.5) is 10.5 Å². The first-order chi connectivity index (χ1) is 16.6. The van der Waals surface area contributed by atoms with Crippen molar-refractivity contribution in [2.75, 3.05) is 18.4 Å². The minimum atomic E-state index is -0.986.